The molecule has 0 radical (unpaired) electrons. The first-order valence-electron chi connectivity index (χ1n) is 9.14. The van der Waals surface area contributed by atoms with Gasteiger partial charge in [0.05, 0.1) is 12.2 Å². The number of hydrogen-bond acceptors (Lipinski definition) is 3. The molecule has 22 heavy (non-hydrogen) atoms. The second-order valence-corrected chi connectivity index (χ2v) is 9.01. The van der Waals surface area contributed by atoms with Gasteiger partial charge >= 0.3 is 7.60 Å². The zero-order chi connectivity index (χ0) is 16.0. The number of hydrogen-bond donors (Lipinski definition) is 0. The molecule has 128 valence electrons. The Balaban J connectivity index is 1.89. The van der Waals surface area contributed by atoms with E-state index in [1.807, 2.05) is 13.8 Å². The summed E-state index contributed by atoms with van der Waals surface area (Å²) >= 11 is 0. The van der Waals surface area contributed by atoms with Crippen LogP contribution in [0.25, 0.3) is 0 Å². The molecular formula is C18H33O3P. The van der Waals surface area contributed by atoms with Crippen molar-refractivity contribution in [1.29, 1.82) is 0 Å². The first-order valence-corrected chi connectivity index (χ1v) is 10.8. The fourth-order valence-electron chi connectivity index (χ4n) is 3.95. The van der Waals surface area contributed by atoms with Crippen molar-refractivity contribution in [3.05, 3.63) is 12.4 Å². The lowest BCUT2D eigenvalue weighted by atomic mass is 9.86. The Kier molecular flexibility index (Phi) is 7.18. The van der Waals surface area contributed by atoms with Crippen LogP contribution in [0.4, 0.5) is 0 Å². The van der Waals surface area contributed by atoms with E-state index in [-0.39, 0.29) is 12.2 Å². The average molecular weight is 328 g/mol. The summed E-state index contributed by atoms with van der Waals surface area (Å²) in [6.45, 7) is 7.80. The van der Waals surface area contributed by atoms with Crippen LogP contribution in [-0.2, 0) is 13.6 Å². The molecule has 2 atom stereocenters. The minimum absolute atomic E-state index is 0.0114. The van der Waals surface area contributed by atoms with Gasteiger partial charge < -0.3 is 9.05 Å². The van der Waals surface area contributed by atoms with Crippen LogP contribution in [0.3, 0.4) is 0 Å². The third-order valence-electron chi connectivity index (χ3n) is 5.48. The highest BCUT2D eigenvalue weighted by molar-refractivity contribution is 7.57. The number of rotatable bonds is 7. The highest BCUT2D eigenvalue weighted by Crippen LogP contribution is 2.54. The van der Waals surface area contributed by atoms with Crippen molar-refractivity contribution in [2.24, 2.45) is 11.8 Å². The third-order valence-corrected chi connectivity index (χ3v) is 7.18. The average Bonchev–Trinajstić information content (AvgIpc) is 2.56. The largest absolute Gasteiger partial charge is 0.354 e. The van der Waals surface area contributed by atoms with E-state index >= 15 is 0 Å². The molecule has 3 nitrogen and oxygen atoms in total. The Morgan fingerprint density at radius 1 is 0.864 bits per heavy atom. The van der Waals surface area contributed by atoms with Crippen LogP contribution in [0.5, 0.6) is 0 Å². The van der Waals surface area contributed by atoms with Crippen LogP contribution in [0.2, 0.25) is 0 Å². The maximum absolute atomic E-state index is 12.9. The molecule has 0 aromatic heterocycles. The Morgan fingerprint density at radius 2 is 1.23 bits per heavy atom. The van der Waals surface area contributed by atoms with E-state index in [0.29, 0.717) is 11.8 Å². The predicted molar refractivity (Wildman–Crippen MR) is 92.0 cm³/mol. The first kappa shape index (κ1) is 18.2. The molecule has 0 saturated heterocycles. The van der Waals surface area contributed by atoms with Gasteiger partial charge in [-0.2, -0.15) is 0 Å². The van der Waals surface area contributed by atoms with Crippen molar-refractivity contribution in [3.8, 4) is 0 Å². The van der Waals surface area contributed by atoms with Gasteiger partial charge in [0.2, 0.25) is 0 Å². The van der Waals surface area contributed by atoms with Crippen molar-refractivity contribution in [2.75, 3.05) is 0 Å². The van der Waals surface area contributed by atoms with Crippen molar-refractivity contribution in [3.63, 3.8) is 0 Å². The fourth-order valence-corrected chi connectivity index (χ4v) is 5.45. The molecule has 0 heterocycles. The molecule has 2 rings (SSSR count). The lowest BCUT2D eigenvalue weighted by Gasteiger charge is -2.33. The molecule has 2 saturated carbocycles. The molecule has 0 aliphatic heterocycles. The molecule has 0 amide bonds. The van der Waals surface area contributed by atoms with Gasteiger partial charge in [-0.25, -0.2) is 0 Å². The molecule has 0 bridgehead atoms. The van der Waals surface area contributed by atoms with E-state index < -0.39 is 7.60 Å². The zero-order valence-corrected chi connectivity index (χ0v) is 15.2. The molecule has 2 fully saturated rings. The minimum atomic E-state index is -3.18. The summed E-state index contributed by atoms with van der Waals surface area (Å²) in [5, 5.41) is 0. The summed E-state index contributed by atoms with van der Waals surface area (Å²) < 4.78 is 24.7. The van der Waals surface area contributed by atoms with Gasteiger partial charge in [-0.05, 0) is 51.4 Å². The van der Waals surface area contributed by atoms with Crippen LogP contribution in [-0.4, -0.2) is 12.2 Å². The van der Waals surface area contributed by atoms with Crippen LogP contribution in [0, 0.1) is 11.8 Å². The summed E-state index contributed by atoms with van der Waals surface area (Å²) in [7, 11) is -3.18. The van der Waals surface area contributed by atoms with Crippen molar-refractivity contribution >= 4 is 7.60 Å². The maximum atomic E-state index is 12.9. The molecule has 4 heteroatoms. The Bertz CT molecular complexity index is 354. The SMILES string of the molecule is C=CP(=O)(OC(C)C1CCCCC1)OC(C)C1CCCCC1. The fraction of sp³-hybridized carbons (Fsp3) is 0.889. The van der Waals surface area contributed by atoms with Crippen LogP contribution < -0.4 is 0 Å². The van der Waals surface area contributed by atoms with E-state index in [0.717, 1.165) is 0 Å². The van der Waals surface area contributed by atoms with E-state index in [9.17, 15) is 4.57 Å². The lowest BCUT2D eigenvalue weighted by molar-refractivity contribution is 0.0624. The third kappa shape index (κ3) is 5.22. The molecule has 2 aliphatic carbocycles. The van der Waals surface area contributed by atoms with E-state index in [1.54, 1.807) is 0 Å². The van der Waals surface area contributed by atoms with Crippen LogP contribution in [0.15, 0.2) is 12.4 Å². The normalized spacial score (nSPS) is 27.0. The van der Waals surface area contributed by atoms with E-state index in [1.165, 1.54) is 70.0 Å². The molecule has 0 spiro atoms. The molecule has 0 aromatic rings. The van der Waals surface area contributed by atoms with Crippen molar-refractivity contribution < 1.29 is 13.6 Å². The summed E-state index contributed by atoms with van der Waals surface area (Å²) in [5.41, 5.74) is 0. The van der Waals surface area contributed by atoms with Gasteiger partial charge in [-0.1, -0.05) is 45.1 Å². The lowest BCUT2D eigenvalue weighted by Crippen LogP contribution is -2.25. The van der Waals surface area contributed by atoms with Crippen LogP contribution >= 0.6 is 7.60 Å². The van der Waals surface area contributed by atoms with E-state index in [4.69, 9.17) is 9.05 Å². The monoisotopic (exact) mass is 328 g/mol. The highest BCUT2D eigenvalue weighted by atomic mass is 31.2. The second-order valence-electron chi connectivity index (χ2n) is 7.14. The van der Waals surface area contributed by atoms with Crippen molar-refractivity contribution in [1.82, 2.24) is 0 Å². The van der Waals surface area contributed by atoms with E-state index in [2.05, 4.69) is 6.58 Å². The van der Waals surface area contributed by atoms with Gasteiger partial charge in [-0.15, -0.1) is 0 Å². The quantitative estimate of drug-likeness (QED) is 0.515. The highest BCUT2D eigenvalue weighted by Gasteiger charge is 2.33. The predicted octanol–water partition coefficient (Wildman–Crippen LogP) is 6.29. The molecular weight excluding hydrogens is 295 g/mol. The Morgan fingerprint density at radius 3 is 1.55 bits per heavy atom. The summed E-state index contributed by atoms with van der Waals surface area (Å²) in [6, 6.07) is 0. The first-order chi connectivity index (χ1) is 10.5. The Hall–Kier alpha value is -0.110. The zero-order valence-electron chi connectivity index (χ0n) is 14.3. The molecule has 2 unspecified atom stereocenters. The molecule has 2 aliphatic rings. The van der Waals surface area contributed by atoms with Gasteiger partial charge in [-0.3, -0.25) is 4.57 Å². The smallest absolute Gasteiger partial charge is 0.302 e. The maximum Gasteiger partial charge on any atom is 0.354 e. The van der Waals surface area contributed by atoms with Gasteiger partial charge in [0.1, 0.15) is 0 Å². The van der Waals surface area contributed by atoms with Gasteiger partial charge in [0.25, 0.3) is 0 Å². The standard InChI is InChI=1S/C18H33O3P/c1-4-22(19,20-15(2)17-11-7-5-8-12-17)21-16(3)18-13-9-6-10-14-18/h4,15-18H,1,5-14H2,2-3H3. The summed E-state index contributed by atoms with van der Waals surface area (Å²) in [5.74, 6) is 2.43. The summed E-state index contributed by atoms with van der Waals surface area (Å²) in [6.07, 6.45) is 12.4. The van der Waals surface area contributed by atoms with Crippen LogP contribution in [0.1, 0.15) is 78.1 Å². The summed E-state index contributed by atoms with van der Waals surface area (Å²) in [4.78, 5) is 0. The Labute approximate surface area is 136 Å². The van der Waals surface area contributed by atoms with Gasteiger partial charge in [0.15, 0.2) is 0 Å². The van der Waals surface area contributed by atoms with Gasteiger partial charge in [0, 0.05) is 5.82 Å². The van der Waals surface area contributed by atoms with Crippen molar-refractivity contribution in [2.45, 2.75) is 90.3 Å². The second kappa shape index (κ2) is 8.66. The topological polar surface area (TPSA) is 35.5 Å². The molecule has 0 aromatic carbocycles. The minimum Gasteiger partial charge on any atom is -0.302 e. The molecule has 0 N–H and O–H groups in total.